The summed E-state index contributed by atoms with van der Waals surface area (Å²) in [4.78, 5) is -0.216. The number of allylic oxidation sites excluding steroid dienone is 4. The van der Waals surface area contributed by atoms with Crippen LogP contribution < -0.4 is 14.0 Å². The van der Waals surface area contributed by atoms with Gasteiger partial charge in [0.05, 0.1) is 23.5 Å². The van der Waals surface area contributed by atoms with E-state index in [1.54, 1.807) is 32.0 Å². The molecule has 3 aromatic carbocycles. The molecule has 12 heteroatoms. The minimum atomic E-state index is -4.57. The van der Waals surface area contributed by atoms with E-state index >= 15 is 0 Å². The van der Waals surface area contributed by atoms with Gasteiger partial charge in [0.25, 0.3) is 0 Å². The first kappa shape index (κ1) is 35.8. The number of ether oxygens (including phenoxy) is 2. The summed E-state index contributed by atoms with van der Waals surface area (Å²) in [6.07, 6.45) is 9.15. The first-order valence-corrected chi connectivity index (χ1v) is 19.7. The van der Waals surface area contributed by atoms with Gasteiger partial charge in [-0.15, -0.1) is 0 Å². The van der Waals surface area contributed by atoms with Gasteiger partial charge in [-0.25, -0.2) is 13.0 Å². The van der Waals surface area contributed by atoms with Gasteiger partial charge in [0.1, 0.15) is 46.3 Å². The summed E-state index contributed by atoms with van der Waals surface area (Å²) in [5.41, 5.74) is 6.32. The van der Waals surface area contributed by atoms with Crippen molar-refractivity contribution in [2.24, 2.45) is 0 Å². The summed E-state index contributed by atoms with van der Waals surface area (Å²) in [6, 6.07) is 17.5. The molecule has 0 atom stereocenters. The molecular weight excluding hydrogens is 677 g/mol. The van der Waals surface area contributed by atoms with Crippen molar-refractivity contribution in [1.82, 2.24) is 0 Å². The number of fused-ring (bicyclic) bond motifs is 3. The van der Waals surface area contributed by atoms with Crippen molar-refractivity contribution in [3.8, 4) is 17.2 Å². The molecule has 1 aliphatic carbocycles. The Bertz CT molecular complexity index is 2070. The summed E-state index contributed by atoms with van der Waals surface area (Å²) >= 11 is 0. The number of phosphoric acid groups is 1. The Morgan fingerprint density at radius 1 is 0.940 bits per heavy atom. The molecule has 0 amide bonds. The van der Waals surface area contributed by atoms with E-state index in [-0.39, 0.29) is 18.1 Å². The van der Waals surface area contributed by atoms with E-state index in [0.717, 1.165) is 64.3 Å². The van der Waals surface area contributed by atoms with E-state index in [1.807, 2.05) is 44.2 Å². The number of hydrogen-bond donors (Lipinski definition) is 0. The van der Waals surface area contributed by atoms with Gasteiger partial charge in [-0.05, 0) is 119 Å². The molecule has 0 bridgehead atoms. The van der Waals surface area contributed by atoms with Gasteiger partial charge in [0.15, 0.2) is 5.71 Å². The molecule has 10 nitrogen and oxygen atoms in total. The van der Waals surface area contributed by atoms with Crippen LogP contribution in [0.25, 0.3) is 6.08 Å². The first-order valence-electron chi connectivity index (χ1n) is 16.8. The van der Waals surface area contributed by atoms with Gasteiger partial charge in [-0.2, -0.15) is 4.58 Å². The van der Waals surface area contributed by atoms with E-state index in [0.29, 0.717) is 30.4 Å². The average molecular weight is 720 g/mol. The fraction of sp³-hybridized carbons (Fsp3) is 0.342. The van der Waals surface area contributed by atoms with E-state index in [9.17, 15) is 17.5 Å². The molecule has 3 aliphatic rings. The van der Waals surface area contributed by atoms with Crippen molar-refractivity contribution in [2.75, 3.05) is 19.8 Å². The molecule has 0 aromatic heterocycles. The lowest BCUT2D eigenvalue weighted by atomic mass is 9.81. The zero-order valence-corrected chi connectivity index (χ0v) is 30.6. The lowest BCUT2D eigenvalue weighted by Crippen LogP contribution is -2.27. The first-order chi connectivity index (χ1) is 23.8. The molecule has 0 spiro atoms. The van der Waals surface area contributed by atoms with Crippen LogP contribution in [0, 0.1) is 0 Å². The molecule has 0 unspecified atom stereocenters. The van der Waals surface area contributed by atoms with Crippen LogP contribution in [0.15, 0.2) is 94.6 Å². The third kappa shape index (κ3) is 7.38. The summed E-state index contributed by atoms with van der Waals surface area (Å²) < 4.78 is 78.9. The van der Waals surface area contributed by atoms with Crippen molar-refractivity contribution in [3.63, 3.8) is 0 Å². The van der Waals surface area contributed by atoms with Crippen LogP contribution in [0.5, 0.6) is 17.2 Å². The number of nitrogens with zero attached hydrogens (tertiary/aromatic N) is 1. The second-order valence-electron chi connectivity index (χ2n) is 12.7. The van der Waals surface area contributed by atoms with Crippen LogP contribution >= 0.6 is 7.82 Å². The highest BCUT2D eigenvalue weighted by Crippen LogP contribution is 2.49. The number of benzene rings is 3. The molecule has 2 aliphatic heterocycles. The van der Waals surface area contributed by atoms with Crippen LogP contribution in [0.4, 0.5) is 5.69 Å². The molecule has 0 fully saturated rings. The summed E-state index contributed by atoms with van der Waals surface area (Å²) in [5, 5.41) is 0. The van der Waals surface area contributed by atoms with E-state index in [2.05, 4.69) is 29.7 Å². The highest BCUT2D eigenvalue weighted by Gasteiger charge is 2.44. The normalized spacial score (nSPS) is 16.9. The van der Waals surface area contributed by atoms with Crippen molar-refractivity contribution >= 4 is 35.4 Å². The maximum Gasteiger partial charge on any atom is 0.530 e. The summed E-state index contributed by atoms with van der Waals surface area (Å²) in [6.45, 7) is 11.0. The molecule has 50 heavy (non-hydrogen) atoms. The quantitative estimate of drug-likeness (QED) is 0.0971. The molecule has 264 valence electrons. The Morgan fingerprint density at radius 2 is 1.66 bits per heavy atom. The molecule has 2 heterocycles. The molecular formula is C38H42NO9PS. The van der Waals surface area contributed by atoms with Gasteiger partial charge in [0, 0.05) is 29.3 Å². The number of phosphoric ester groups is 1. The molecule has 3 aromatic rings. The van der Waals surface area contributed by atoms with Crippen LogP contribution in [-0.2, 0) is 35.8 Å². The molecule has 0 saturated carbocycles. The third-order valence-corrected chi connectivity index (χ3v) is 11.4. The zero-order valence-electron chi connectivity index (χ0n) is 28.9. The second kappa shape index (κ2) is 14.3. The monoisotopic (exact) mass is 719 g/mol. The van der Waals surface area contributed by atoms with Crippen molar-refractivity contribution in [3.05, 3.63) is 106 Å². The number of rotatable bonds is 13. The van der Waals surface area contributed by atoms with Gasteiger partial charge >= 0.3 is 7.82 Å². The van der Waals surface area contributed by atoms with Gasteiger partial charge in [-0.1, -0.05) is 12.1 Å². The lowest BCUT2D eigenvalue weighted by Gasteiger charge is -2.27. The van der Waals surface area contributed by atoms with E-state index < -0.39 is 23.4 Å². The molecule has 0 radical (unpaired) electrons. The standard InChI is InChI=1S/C38H42NO9PS/c1-6-39-34-20-19-32(50(41,42)43)24-33(34)38(4,5)36(39)21-15-27-10-9-11-29-22-28-14-18-31(23-35(28)47-37(27)29)44-25-26-12-16-30(17-13-26)48-49(40,45-7-2)46-8-3/h12-24H,6-11,25H2,1-5H3. The smallest absolute Gasteiger partial charge is 0.530 e. The van der Waals surface area contributed by atoms with Crippen LogP contribution in [0.3, 0.4) is 0 Å². The summed E-state index contributed by atoms with van der Waals surface area (Å²) in [7, 11) is -8.25. The predicted octanol–water partition coefficient (Wildman–Crippen LogP) is 8.60. The van der Waals surface area contributed by atoms with Gasteiger partial charge in [0.2, 0.25) is 5.69 Å². The molecule has 6 rings (SSSR count). The fourth-order valence-corrected chi connectivity index (χ4v) is 8.31. The lowest BCUT2D eigenvalue weighted by molar-refractivity contribution is -0.433. The molecule has 0 saturated heterocycles. The van der Waals surface area contributed by atoms with Crippen molar-refractivity contribution in [2.45, 2.75) is 70.8 Å². The highest BCUT2D eigenvalue weighted by atomic mass is 32.2. The highest BCUT2D eigenvalue weighted by molar-refractivity contribution is 7.85. The number of hydrogen-bond acceptors (Lipinski definition) is 9. The van der Waals surface area contributed by atoms with Crippen molar-refractivity contribution in [1.29, 1.82) is 0 Å². The Kier molecular flexibility index (Phi) is 10.3. The second-order valence-corrected chi connectivity index (χ2v) is 15.7. The minimum absolute atomic E-state index is 0.202. The average Bonchev–Trinajstić information content (AvgIpc) is 3.30. The fourth-order valence-electron chi connectivity index (χ4n) is 6.62. The molecule has 0 N–H and O–H groups in total. The Balaban J connectivity index is 1.19. The Hall–Kier alpha value is -3.99. The van der Waals surface area contributed by atoms with E-state index in [4.69, 9.17) is 23.0 Å². The Morgan fingerprint density at radius 3 is 2.34 bits per heavy atom. The van der Waals surface area contributed by atoms with Crippen LogP contribution in [-0.4, -0.2) is 43.0 Å². The van der Waals surface area contributed by atoms with E-state index in [1.165, 1.54) is 12.1 Å². The van der Waals surface area contributed by atoms with Gasteiger partial charge < -0.3 is 18.6 Å². The SMILES string of the molecule is CCOP(=O)(OCC)Oc1ccc(COc2ccc3c(c2)OC2=C(C=CC4=[N+](CC)c5ccc(S(=O)(=O)[O-])cc5C4(C)C)CCCC2=C3)cc1. The largest absolute Gasteiger partial charge is 0.744 e. The van der Waals surface area contributed by atoms with Gasteiger partial charge in [-0.3, -0.25) is 9.05 Å². The Labute approximate surface area is 294 Å². The zero-order chi connectivity index (χ0) is 35.7. The van der Waals surface area contributed by atoms with Crippen molar-refractivity contribution < 1.29 is 45.2 Å². The van der Waals surface area contributed by atoms with Crippen LogP contribution in [0.2, 0.25) is 0 Å². The maximum absolute atomic E-state index is 12.7. The summed E-state index contributed by atoms with van der Waals surface area (Å²) in [5.74, 6) is 2.59. The topological polar surface area (TPSA) is 123 Å². The third-order valence-electron chi connectivity index (χ3n) is 9.03. The maximum atomic E-state index is 12.7. The van der Waals surface area contributed by atoms with Crippen LogP contribution in [0.1, 0.15) is 70.6 Å². The predicted molar refractivity (Wildman–Crippen MR) is 190 cm³/mol. The minimum Gasteiger partial charge on any atom is -0.744 e.